The maximum atomic E-state index is 12.6. The van der Waals surface area contributed by atoms with Crippen LogP contribution in [0.4, 0.5) is 4.79 Å². The van der Waals surface area contributed by atoms with Crippen LogP contribution in [0.5, 0.6) is 0 Å². The number of urea groups is 1. The van der Waals surface area contributed by atoms with Crippen LogP contribution >= 0.6 is 0 Å². The maximum absolute atomic E-state index is 12.6. The highest BCUT2D eigenvalue weighted by atomic mass is 16.2. The third-order valence-electron chi connectivity index (χ3n) is 4.24. The predicted molar refractivity (Wildman–Crippen MR) is 88.0 cm³/mol. The molecule has 128 valence electrons. The molecule has 1 aromatic rings. The standard InChI is InChI=1S/C16H27N5O2/c1-16(2)12-20(15(23)18(3)4)8-9-21(16)14(22)7-6-13-10-17-19(5)11-13/h10-11H,6-9,12H2,1-5H3. The van der Waals surface area contributed by atoms with Crippen LogP contribution in [0.2, 0.25) is 0 Å². The minimum absolute atomic E-state index is 0.000494. The summed E-state index contributed by atoms with van der Waals surface area (Å²) in [5, 5.41) is 4.12. The molecule has 0 N–H and O–H groups in total. The SMILES string of the molecule is CN(C)C(=O)N1CCN(C(=O)CCc2cnn(C)c2)C(C)(C)C1. The molecular formula is C16H27N5O2. The van der Waals surface area contributed by atoms with Gasteiger partial charge in [-0.2, -0.15) is 5.10 Å². The molecule has 0 saturated carbocycles. The van der Waals surface area contributed by atoms with Crippen molar-refractivity contribution >= 4 is 11.9 Å². The number of nitrogens with zero attached hydrogens (tertiary/aromatic N) is 5. The van der Waals surface area contributed by atoms with Gasteiger partial charge in [-0.1, -0.05) is 0 Å². The Labute approximate surface area is 137 Å². The quantitative estimate of drug-likeness (QED) is 0.833. The van der Waals surface area contributed by atoms with Crippen molar-refractivity contribution in [1.29, 1.82) is 0 Å². The van der Waals surface area contributed by atoms with Crippen LogP contribution in [0.15, 0.2) is 12.4 Å². The molecule has 1 aromatic heterocycles. The highest BCUT2D eigenvalue weighted by molar-refractivity contribution is 5.78. The summed E-state index contributed by atoms with van der Waals surface area (Å²) in [6, 6.07) is 0.000494. The van der Waals surface area contributed by atoms with Gasteiger partial charge in [-0.15, -0.1) is 0 Å². The van der Waals surface area contributed by atoms with Crippen molar-refractivity contribution in [2.24, 2.45) is 7.05 Å². The molecule has 0 atom stereocenters. The van der Waals surface area contributed by atoms with E-state index in [4.69, 9.17) is 0 Å². The van der Waals surface area contributed by atoms with Crippen LogP contribution in [-0.2, 0) is 18.3 Å². The van der Waals surface area contributed by atoms with Crippen LogP contribution in [0.25, 0.3) is 0 Å². The zero-order valence-electron chi connectivity index (χ0n) is 14.7. The zero-order chi connectivity index (χ0) is 17.2. The molecular weight excluding hydrogens is 294 g/mol. The van der Waals surface area contributed by atoms with E-state index in [-0.39, 0.29) is 17.5 Å². The lowest BCUT2D eigenvalue weighted by Crippen LogP contribution is -2.63. The summed E-state index contributed by atoms with van der Waals surface area (Å²) in [5.41, 5.74) is 0.718. The summed E-state index contributed by atoms with van der Waals surface area (Å²) < 4.78 is 1.75. The number of carbonyl (C=O) groups is 2. The van der Waals surface area contributed by atoms with E-state index in [1.165, 1.54) is 0 Å². The highest BCUT2D eigenvalue weighted by Gasteiger charge is 2.38. The molecule has 1 fully saturated rings. The molecule has 7 nitrogen and oxygen atoms in total. The molecule has 1 aliphatic heterocycles. The normalized spacial score (nSPS) is 17.3. The Morgan fingerprint density at radius 2 is 2.00 bits per heavy atom. The number of aromatic nitrogens is 2. The highest BCUT2D eigenvalue weighted by Crippen LogP contribution is 2.23. The first-order chi connectivity index (χ1) is 10.7. The molecule has 0 bridgehead atoms. The lowest BCUT2D eigenvalue weighted by molar-refractivity contribution is -0.139. The first kappa shape index (κ1) is 17.3. The third kappa shape index (κ3) is 4.03. The number of piperazine rings is 1. The van der Waals surface area contributed by atoms with Crippen LogP contribution in [-0.4, -0.2) is 75.7 Å². The minimum Gasteiger partial charge on any atom is -0.334 e. The van der Waals surface area contributed by atoms with E-state index in [0.717, 1.165) is 5.56 Å². The van der Waals surface area contributed by atoms with Gasteiger partial charge in [-0.05, 0) is 25.8 Å². The second kappa shape index (κ2) is 6.60. The molecule has 1 aliphatic rings. The van der Waals surface area contributed by atoms with Gasteiger partial charge in [0, 0.05) is 53.4 Å². The summed E-state index contributed by atoms with van der Waals surface area (Å²) in [6.45, 7) is 5.76. The van der Waals surface area contributed by atoms with Gasteiger partial charge in [0.1, 0.15) is 0 Å². The number of hydrogen-bond acceptors (Lipinski definition) is 3. The molecule has 3 amide bonds. The summed E-state index contributed by atoms with van der Waals surface area (Å²) in [6.07, 6.45) is 4.90. The Bertz CT molecular complexity index is 579. The minimum atomic E-state index is -0.351. The number of amides is 3. The fraction of sp³-hybridized carbons (Fsp3) is 0.688. The van der Waals surface area contributed by atoms with E-state index in [1.807, 2.05) is 36.9 Å². The molecule has 0 unspecified atom stereocenters. The van der Waals surface area contributed by atoms with Gasteiger partial charge in [0.15, 0.2) is 0 Å². The topological polar surface area (TPSA) is 61.7 Å². The second-order valence-electron chi connectivity index (χ2n) is 6.98. The fourth-order valence-electron chi connectivity index (χ4n) is 3.05. The van der Waals surface area contributed by atoms with E-state index in [2.05, 4.69) is 5.10 Å². The first-order valence-corrected chi connectivity index (χ1v) is 7.95. The lowest BCUT2D eigenvalue weighted by Gasteiger charge is -2.47. The van der Waals surface area contributed by atoms with Gasteiger partial charge in [0.25, 0.3) is 0 Å². The number of carbonyl (C=O) groups excluding carboxylic acids is 2. The summed E-state index contributed by atoms with van der Waals surface area (Å²) in [5.74, 6) is 0.135. The van der Waals surface area contributed by atoms with Crippen molar-refractivity contribution in [1.82, 2.24) is 24.5 Å². The van der Waals surface area contributed by atoms with Crippen LogP contribution < -0.4 is 0 Å². The molecule has 2 rings (SSSR count). The molecule has 0 spiro atoms. The number of rotatable bonds is 3. The smallest absolute Gasteiger partial charge is 0.319 e. The molecule has 7 heteroatoms. The summed E-state index contributed by atoms with van der Waals surface area (Å²) in [4.78, 5) is 30.0. The fourth-order valence-corrected chi connectivity index (χ4v) is 3.05. The summed E-state index contributed by atoms with van der Waals surface area (Å²) >= 11 is 0. The Morgan fingerprint density at radius 1 is 1.30 bits per heavy atom. The van der Waals surface area contributed by atoms with Gasteiger partial charge >= 0.3 is 6.03 Å². The largest absolute Gasteiger partial charge is 0.334 e. The van der Waals surface area contributed by atoms with Crippen molar-refractivity contribution in [3.05, 3.63) is 18.0 Å². The Hall–Kier alpha value is -2.05. The molecule has 1 saturated heterocycles. The lowest BCUT2D eigenvalue weighted by atomic mass is 9.97. The number of hydrogen-bond donors (Lipinski definition) is 0. The maximum Gasteiger partial charge on any atom is 0.319 e. The van der Waals surface area contributed by atoms with Crippen molar-refractivity contribution in [3.8, 4) is 0 Å². The molecule has 23 heavy (non-hydrogen) atoms. The number of aryl methyl sites for hydroxylation is 2. The molecule has 0 radical (unpaired) electrons. The predicted octanol–water partition coefficient (Wildman–Crippen LogP) is 0.957. The van der Waals surface area contributed by atoms with Gasteiger partial charge in [-0.25, -0.2) is 4.79 Å². The van der Waals surface area contributed by atoms with E-state index in [9.17, 15) is 9.59 Å². The van der Waals surface area contributed by atoms with E-state index >= 15 is 0 Å². The van der Waals surface area contributed by atoms with Crippen molar-refractivity contribution < 1.29 is 9.59 Å². The molecule has 0 aromatic carbocycles. The van der Waals surface area contributed by atoms with Gasteiger partial charge in [0.2, 0.25) is 5.91 Å². The van der Waals surface area contributed by atoms with Gasteiger partial charge in [-0.3, -0.25) is 9.48 Å². The van der Waals surface area contributed by atoms with Crippen molar-refractivity contribution in [2.45, 2.75) is 32.2 Å². The zero-order valence-corrected chi connectivity index (χ0v) is 14.7. The van der Waals surface area contributed by atoms with E-state index < -0.39 is 0 Å². The molecule has 0 aliphatic carbocycles. The van der Waals surface area contributed by atoms with Crippen LogP contribution in [0, 0.1) is 0 Å². The second-order valence-corrected chi connectivity index (χ2v) is 6.98. The first-order valence-electron chi connectivity index (χ1n) is 7.95. The van der Waals surface area contributed by atoms with Crippen molar-refractivity contribution in [3.63, 3.8) is 0 Å². The van der Waals surface area contributed by atoms with Crippen LogP contribution in [0.1, 0.15) is 25.8 Å². The third-order valence-corrected chi connectivity index (χ3v) is 4.24. The Morgan fingerprint density at radius 3 is 2.52 bits per heavy atom. The molecule has 2 heterocycles. The van der Waals surface area contributed by atoms with Crippen LogP contribution in [0.3, 0.4) is 0 Å². The van der Waals surface area contributed by atoms with E-state index in [0.29, 0.717) is 32.5 Å². The Balaban J connectivity index is 1.95. The van der Waals surface area contributed by atoms with E-state index in [1.54, 1.807) is 29.9 Å². The average molecular weight is 321 g/mol. The average Bonchev–Trinajstić information content (AvgIpc) is 2.88. The van der Waals surface area contributed by atoms with Gasteiger partial charge in [0.05, 0.1) is 11.7 Å². The van der Waals surface area contributed by atoms with Crippen molar-refractivity contribution in [2.75, 3.05) is 33.7 Å². The monoisotopic (exact) mass is 321 g/mol. The Kier molecular flexibility index (Phi) is 4.97. The summed E-state index contributed by atoms with van der Waals surface area (Å²) in [7, 11) is 5.37. The van der Waals surface area contributed by atoms with Gasteiger partial charge < -0.3 is 14.7 Å².